The summed E-state index contributed by atoms with van der Waals surface area (Å²) in [6.07, 6.45) is 2.83. The average molecular weight is 313 g/mol. The number of benzene rings is 1. The SMILES string of the molecule is CCCn1nnnc1CN1CCC(C(=O)c2ccccc2)CC1. The monoisotopic (exact) mass is 313 g/mol. The molecule has 1 saturated heterocycles. The van der Waals surface area contributed by atoms with E-state index in [0.717, 1.165) is 56.8 Å². The molecular formula is C17H23N5O. The first kappa shape index (κ1) is 15.8. The van der Waals surface area contributed by atoms with Crippen LogP contribution in [0.5, 0.6) is 0 Å². The Morgan fingerprint density at radius 3 is 2.65 bits per heavy atom. The molecule has 0 N–H and O–H groups in total. The third-order valence-electron chi connectivity index (χ3n) is 4.42. The molecule has 1 aliphatic heterocycles. The molecule has 0 saturated carbocycles. The summed E-state index contributed by atoms with van der Waals surface area (Å²) in [5.74, 6) is 1.33. The van der Waals surface area contributed by atoms with Gasteiger partial charge in [0.25, 0.3) is 0 Å². The van der Waals surface area contributed by atoms with Gasteiger partial charge < -0.3 is 0 Å². The lowest BCUT2D eigenvalue weighted by Gasteiger charge is -2.30. The number of hydrogen-bond donors (Lipinski definition) is 0. The molecule has 0 aliphatic carbocycles. The maximum atomic E-state index is 12.5. The third kappa shape index (κ3) is 3.82. The number of ketones is 1. The van der Waals surface area contributed by atoms with E-state index in [1.165, 1.54) is 0 Å². The quantitative estimate of drug-likeness (QED) is 0.765. The van der Waals surface area contributed by atoms with Gasteiger partial charge in [0.1, 0.15) is 0 Å². The van der Waals surface area contributed by atoms with Crippen LogP contribution in [-0.2, 0) is 13.1 Å². The first-order chi connectivity index (χ1) is 11.3. The predicted octanol–water partition coefficient (Wildman–Crippen LogP) is 2.18. The van der Waals surface area contributed by atoms with E-state index in [-0.39, 0.29) is 11.7 Å². The highest BCUT2D eigenvalue weighted by Crippen LogP contribution is 2.22. The van der Waals surface area contributed by atoms with Crippen LogP contribution in [0, 0.1) is 5.92 Å². The topological polar surface area (TPSA) is 63.9 Å². The lowest BCUT2D eigenvalue weighted by atomic mass is 9.89. The molecule has 23 heavy (non-hydrogen) atoms. The van der Waals surface area contributed by atoms with E-state index in [0.29, 0.717) is 0 Å². The number of aryl methyl sites for hydroxylation is 1. The minimum atomic E-state index is 0.139. The molecule has 0 amide bonds. The molecule has 1 aromatic heterocycles. The van der Waals surface area contributed by atoms with Gasteiger partial charge in [-0.15, -0.1) is 5.10 Å². The van der Waals surface area contributed by atoms with Gasteiger partial charge in [0, 0.05) is 18.0 Å². The number of carbonyl (C=O) groups is 1. The highest BCUT2D eigenvalue weighted by molar-refractivity contribution is 5.97. The van der Waals surface area contributed by atoms with Crippen LogP contribution in [0.3, 0.4) is 0 Å². The second-order valence-electron chi connectivity index (χ2n) is 6.10. The molecule has 1 aromatic carbocycles. The Bertz CT molecular complexity index is 631. The molecule has 0 unspecified atom stereocenters. The number of nitrogens with zero attached hydrogens (tertiary/aromatic N) is 5. The predicted molar refractivity (Wildman–Crippen MR) is 86.9 cm³/mol. The zero-order valence-electron chi connectivity index (χ0n) is 13.6. The molecule has 2 heterocycles. The molecule has 1 aliphatic rings. The van der Waals surface area contributed by atoms with Crippen LogP contribution in [0.4, 0.5) is 0 Å². The van der Waals surface area contributed by atoms with Crippen LogP contribution < -0.4 is 0 Å². The number of rotatable bonds is 6. The first-order valence-electron chi connectivity index (χ1n) is 8.34. The van der Waals surface area contributed by atoms with Crippen molar-refractivity contribution in [2.45, 2.75) is 39.3 Å². The third-order valence-corrected chi connectivity index (χ3v) is 4.42. The largest absolute Gasteiger partial charge is 0.296 e. The number of carbonyl (C=O) groups excluding carboxylic acids is 1. The second kappa shape index (κ2) is 7.46. The summed E-state index contributed by atoms with van der Waals surface area (Å²) in [7, 11) is 0. The fourth-order valence-electron chi connectivity index (χ4n) is 3.11. The van der Waals surface area contributed by atoms with E-state index < -0.39 is 0 Å². The Morgan fingerprint density at radius 1 is 1.22 bits per heavy atom. The number of hydrogen-bond acceptors (Lipinski definition) is 5. The minimum Gasteiger partial charge on any atom is -0.296 e. The summed E-state index contributed by atoms with van der Waals surface area (Å²) in [5, 5.41) is 11.9. The molecule has 3 rings (SSSR count). The molecule has 0 bridgehead atoms. The maximum Gasteiger partial charge on any atom is 0.166 e. The first-order valence-corrected chi connectivity index (χ1v) is 8.34. The highest BCUT2D eigenvalue weighted by atomic mass is 16.1. The Morgan fingerprint density at radius 2 is 1.96 bits per heavy atom. The van der Waals surface area contributed by atoms with E-state index in [9.17, 15) is 4.79 Å². The Hall–Kier alpha value is -2.08. The molecule has 6 nitrogen and oxygen atoms in total. The van der Waals surface area contributed by atoms with Crippen LogP contribution >= 0.6 is 0 Å². The van der Waals surface area contributed by atoms with Crippen molar-refractivity contribution >= 4 is 5.78 Å². The number of aromatic nitrogens is 4. The number of piperidine rings is 1. The van der Waals surface area contributed by atoms with E-state index in [1.54, 1.807) is 0 Å². The van der Waals surface area contributed by atoms with Crippen LogP contribution in [0.1, 0.15) is 42.4 Å². The minimum absolute atomic E-state index is 0.139. The van der Waals surface area contributed by atoms with Crippen molar-refractivity contribution in [2.24, 2.45) is 5.92 Å². The smallest absolute Gasteiger partial charge is 0.166 e. The van der Waals surface area contributed by atoms with Crippen molar-refractivity contribution in [1.82, 2.24) is 25.1 Å². The van der Waals surface area contributed by atoms with Gasteiger partial charge in [-0.2, -0.15) is 0 Å². The molecular weight excluding hydrogens is 290 g/mol. The van der Waals surface area contributed by atoms with E-state index in [2.05, 4.69) is 27.3 Å². The van der Waals surface area contributed by atoms with Gasteiger partial charge in [-0.1, -0.05) is 37.3 Å². The Balaban J connectivity index is 1.54. The summed E-state index contributed by atoms with van der Waals surface area (Å²) in [5.41, 5.74) is 0.831. The van der Waals surface area contributed by atoms with Crippen molar-refractivity contribution in [1.29, 1.82) is 0 Å². The standard InChI is InChI=1S/C17H23N5O/c1-2-10-22-16(18-19-20-22)13-21-11-8-15(9-12-21)17(23)14-6-4-3-5-7-14/h3-7,15H,2,8-13H2,1H3. The lowest BCUT2D eigenvalue weighted by Crippen LogP contribution is -2.36. The van der Waals surface area contributed by atoms with Gasteiger partial charge in [-0.05, 0) is 42.8 Å². The summed E-state index contributed by atoms with van der Waals surface area (Å²) in [6, 6.07) is 9.62. The zero-order chi connectivity index (χ0) is 16.1. The van der Waals surface area contributed by atoms with Gasteiger partial charge in [0.2, 0.25) is 0 Å². The van der Waals surface area contributed by atoms with Gasteiger partial charge >= 0.3 is 0 Å². The van der Waals surface area contributed by atoms with Crippen molar-refractivity contribution in [3.05, 3.63) is 41.7 Å². The molecule has 2 aromatic rings. The van der Waals surface area contributed by atoms with Crippen molar-refractivity contribution in [2.75, 3.05) is 13.1 Å². The van der Waals surface area contributed by atoms with Gasteiger partial charge in [-0.3, -0.25) is 9.69 Å². The maximum absolute atomic E-state index is 12.5. The summed E-state index contributed by atoms with van der Waals surface area (Å²) >= 11 is 0. The van der Waals surface area contributed by atoms with Crippen LogP contribution in [0.15, 0.2) is 30.3 Å². The van der Waals surface area contributed by atoms with Crippen molar-refractivity contribution < 1.29 is 4.79 Å². The molecule has 0 spiro atoms. The molecule has 1 fully saturated rings. The van der Waals surface area contributed by atoms with Gasteiger partial charge in [0.05, 0.1) is 6.54 Å². The fraction of sp³-hybridized carbons (Fsp3) is 0.529. The van der Waals surface area contributed by atoms with Gasteiger partial charge in [0.15, 0.2) is 11.6 Å². The van der Waals surface area contributed by atoms with Crippen LogP contribution in [0.2, 0.25) is 0 Å². The number of likely N-dealkylation sites (tertiary alicyclic amines) is 1. The second-order valence-corrected chi connectivity index (χ2v) is 6.10. The van der Waals surface area contributed by atoms with E-state index >= 15 is 0 Å². The molecule has 0 atom stereocenters. The summed E-state index contributed by atoms with van der Waals surface area (Å²) in [6.45, 7) is 5.57. The van der Waals surface area contributed by atoms with Crippen LogP contribution in [0.25, 0.3) is 0 Å². The summed E-state index contributed by atoms with van der Waals surface area (Å²) < 4.78 is 1.88. The number of tetrazole rings is 1. The van der Waals surface area contributed by atoms with Crippen LogP contribution in [-0.4, -0.2) is 44.0 Å². The molecule has 6 heteroatoms. The lowest BCUT2D eigenvalue weighted by molar-refractivity contribution is 0.0831. The van der Waals surface area contributed by atoms with Crippen molar-refractivity contribution in [3.63, 3.8) is 0 Å². The number of Topliss-reactive ketones (excluding diaryl/α,β-unsaturated/α-hetero) is 1. The normalized spacial score (nSPS) is 16.6. The Labute approximate surface area is 136 Å². The van der Waals surface area contributed by atoms with Gasteiger partial charge in [-0.25, -0.2) is 4.68 Å². The zero-order valence-corrected chi connectivity index (χ0v) is 13.6. The highest BCUT2D eigenvalue weighted by Gasteiger charge is 2.26. The Kier molecular flexibility index (Phi) is 5.12. The molecule has 122 valence electrons. The van der Waals surface area contributed by atoms with Crippen molar-refractivity contribution in [3.8, 4) is 0 Å². The average Bonchev–Trinajstić information content (AvgIpc) is 3.03. The fourth-order valence-corrected chi connectivity index (χ4v) is 3.11. The molecule has 0 radical (unpaired) electrons. The van der Waals surface area contributed by atoms with E-state index in [4.69, 9.17) is 0 Å². The van der Waals surface area contributed by atoms with E-state index in [1.807, 2.05) is 35.0 Å². The summed E-state index contributed by atoms with van der Waals surface area (Å²) in [4.78, 5) is 14.8.